The van der Waals surface area contributed by atoms with Gasteiger partial charge in [-0.15, -0.1) is 0 Å². The molecule has 1 aromatic heterocycles. The summed E-state index contributed by atoms with van der Waals surface area (Å²) in [6.07, 6.45) is 1.48. The van der Waals surface area contributed by atoms with Crippen molar-refractivity contribution >= 4 is 28.6 Å². The topological polar surface area (TPSA) is 72.3 Å². The predicted molar refractivity (Wildman–Crippen MR) is 77.7 cm³/mol. The number of benzene rings is 1. The molecule has 98 valence electrons. The van der Waals surface area contributed by atoms with E-state index < -0.39 is 5.97 Å². The van der Waals surface area contributed by atoms with Crippen molar-refractivity contribution in [3.05, 3.63) is 44.9 Å². The molecule has 1 heterocycles. The molecule has 0 spiro atoms. The Balaban J connectivity index is 2.37. The lowest BCUT2D eigenvalue weighted by Gasteiger charge is -2.09. The van der Waals surface area contributed by atoms with Crippen molar-refractivity contribution in [2.75, 3.05) is 0 Å². The molecule has 1 N–H and O–H groups in total. The molecule has 6 heteroatoms. The highest BCUT2D eigenvalue weighted by atomic mass is 127. The van der Waals surface area contributed by atoms with Crippen LogP contribution in [0.25, 0.3) is 0 Å². The number of carboxylic acid groups (broad SMARTS) is 1. The summed E-state index contributed by atoms with van der Waals surface area (Å²) in [5, 5.41) is 9.15. The lowest BCUT2D eigenvalue weighted by molar-refractivity contribution is 0.0694. The zero-order chi connectivity index (χ0) is 14.0. The van der Waals surface area contributed by atoms with Gasteiger partial charge in [0.05, 0.1) is 17.6 Å². The molecule has 0 atom stereocenters. The number of aromatic carboxylic acids is 1. The number of hydrogen-bond acceptors (Lipinski definition) is 4. The second-order valence-corrected chi connectivity index (χ2v) is 5.17. The Morgan fingerprint density at radius 2 is 2.05 bits per heavy atom. The number of nitrogens with zero attached hydrogens (tertiary/aromatic N) is 2. The second-order valence-electron chi connectivity index (χ2n) is 3.93. The van der Waals surface area contributed by atoms with Crippen LogP contribution in [0.2, 0.25) is 0 Å². The molecule has 0 aliphatic rings. The van der Waals surface area contributed by atoms with Crippen molar-refractivity contribution in [2.45, 2.75) is 13.8 Å². The van der Waals surface area contributed by atoms with E-state index in [2.05, 4.69) is 9.97 Å². The van der Waals surface area contributed by atoms with Crippen LogP contribution in [-0.4, -0.2) is 21.0 Å². The van der Waals surface area contributed by atoms with E-state index in [0.29, 0.717) is 0 Å². The molecule has 0 radical (unpaired) electrons. The highest BCUT2D eigenvalue weighted by molar-refractivity contribution is 14.1. The van der Waals surface area contributed by atoms with Crippen LogP contribution >= 0.6 is 22.6 Å². The minimum Gasteiger partial charge on any atom is -0.478 e. The zero-order valence-electron chi connectivity index (χ0n) is 10.3. The standard InChI is InChI=1S/C13H11IN2O3/c1-7-8(2)16-12(6-15-7)19-11-4-3-9(14)5-10(11)13(17)18/h3-6H,1-2H3,(H,17,18). The number of rotatable bonds is 3. The van der Waals surface area contributed by atoms with E-state index in [1.54, 1.807) is 18.2 Å². The van der Waals surface area contributed by atoms with Gasteiger partial charge >= 0.3 is 5.97 Å². The molecule has 2 aromatic rings. The van der Waals surface area contributed by atoms with Gasteiger partial charge in [-0.3, -0.25) is 4.98 Å². The number of carbonyl (C=O) groups is 1. The van der Waals surface area contributed by atoms with Crippen LogP contribution in [0.15, 0.2) is 24.4 Å². The third-order valence-corrected chi connectivity index (χ3v) is 3.23. The first-order valence-electron chi connectivity index (χ1n) is 5.48. The summed E-state index contributed by atoms with van der Waals surface area (Å²) in [5.41, 5.74) is 1.67. The van der Waals surface area contributed by atoms with Crippen LogP contribution in [0.5, 0.6) is 11.6 Å². The third-order valence-electron chi connectivity index (χ3n) is 2.56. The maximum Gasteiger partial charge on any atom is 0.339 e. The molecule has 0 unspecified atom stereocenters. The van der Waals surface area contributed by atoms with Gasteiger partial charge in [-0.1, -0.05) is 0 Å². The van der Waals surface area contributed by atoms with Crippen LogP contribution in [0.3, 0.4) is 0 Å². The summed E-state index contributed by atoms with van der Waals surface area (Å²) in [7, 11) is 0. The first kappa shape index (κ1) is 13.7. The number of ether oxygens (including phenoxy) is 1. The molecule has 19 heavy (non-hydrogen) atoms. The van der Waals surface area contributed by atoms with E-state index in [1.165, 1.54) is 6.20 Å². The van der Waals surface area contributed by atoms with Gasteiger partial charge in [0, 0.05) is 3.57 Å². The van der Waals surface area contributed by atoms with Crippen molar-refractivity contribution in [3.63, 3.8) is 0 Å². The van der Waals surface area contributed by atoms with Gasteiger partial charge in [0.1, 0.15) is 11.3 Å². The Labute approximate surface area is 123 Å². The molecule has 2 rings (SSSR count). The smallest absolute Gasteiger partial charge is 0.339 e. The van der Waals surface area contributed by atoms with Crippen LogP contribution in [0.1, 0.15) is 21.7 Å². The monoisotopic (exact) mass is 370 g/mol. The quantitative estimate of drug-likeness (QED) is 0.841. The Morgan fingerprint density at radius 1 is 1.32 bits per heavy atom. The number of hydrogen-bond donors (Lipinski definition) is 1. The minimum atomic E-state index is -1.04. The average Bonchev–Trinajstić information content (AvgIpc) is 2.36. The molecule has 1 aromatic carbocycles. The Morgan fingerprint density at radius 3 is 2.68 bits per heavy atom. The molecule has 5 nitrogen and oxygen atoms in total. The van der Waals surface area contributed by atoms with E-state index in [-0.39, 0.29) is 17.2 Å². The van der Waals surface area contributed by atoms with Crippen LogP contribution < -0.4 is 4.74 Å². The fourth-order valence-electron chi connectivity index (χ4n) is 1.44. The highest BCUT2D eigenvalue weighted by Crippen LogP contribution is 2.26. The molecular weight excluding hydrogens is 359 g/mol. The number of halogens is 1. The number of aryl methyl sites for hydroxylation is 2. The summed E-state index contributed by atoms with van der Waals surface area (Å²) in [4.78, 5) is 19.5. The van der Waals surface area contributed by atoms with E-state index in [1.807, 2.05) is 36.4 Å². The fraction of sp³-hybridized carbons (Fsp3) is 0.154. The molecular formula is C13H11IN2O3. The SMILES string of the molecule is Cc1ncc(Oc2ccc(I)cc2C(=O)O)nc1C. The van der Waals surface area contributed by atoms with Gasteiger partial charge in [0.2, 0.25) is 5.88 Å². The molecule has 0 aliphatic heterocycles. The summed E-state index contributed by atoms with van der Waals surface area (Å²) in [5.74, 6) is -0.498. The van der Waals surface area contributed by atoms with E-state index in [0.717, 1.165) is 15.0 Å². The van der Waals surface area contributed by atoms with Crippen molar-refractivity contribution in [2.24, 2.45) is 0 Å². The lowest BCUT2D eigenvalue weighted by atomic mass is 10.2. The number of carboxylic acids is 1. The zero-order valence-corrected chi connectivity index (χ0v) is 12.5. The van der Waals surface area contributed by atoms with Crippen molar-refractivity contribution in [1.82, 2.24) is 9.97 Å². The molecule has 0 amide bonds. The predicted octanol–water partition coefficient (Wildman–Crippen LogP) is 3.19. The highest BCUT2D eigenvalue weighted by Gasteiger charge is 2.13. The Kier molecular flexibility index (Phi) is 3.98. The van der Waals surface area contributed by atoms with Gasteiger partial charge in [-0.2, -0.15) is 0 Å². The van der Waals surface area contributed by atoms with E-state index in [9.17, 15) is 4.79 Å². The fourth-order valence-corrected chi connectivity index (χ4v) is 1.93. The Bertz CT molecular complexity index is 644. The summed E-state index contributed by atoms with van der Waals surface area (Å²) in [6.45, 7) is 3.67. The summed E-state index contributed by atoms with van der Waals surface area (Å²) >= 11 is 2.05. The largest absolute Gasteiger partial charge is 0.478 e. The lowest BCUT2D eigenvalue weighted by Crippen LogP contribution is -2.02. The van der Waals surface area contributed by atoms with Crippen LogP contribution in [0, 0.1) is 17.4 Å². The third kappa shape index (κ3) is 3.19. The van der Waals surface area contributed by atoms with Crippen LogP contribution in [0.4, 0.5) is 0 Å². The van der Waals surface area contributed by atoms with Crippen molar-refractivity contribution < 1.29 is 14.6 Å². The van der Waals surface area contributed by atoms with E-state index >= 15 is 0 Å². The summed E-state index contributed by atoms with van der Waals surface area (Å²) < 4.78 is 6.33. The molecule has 0 bridgehead atoms. The van der Waals surface area contributed by atoms with Gasteiger partial charge in [-0.05, 0) is 54.6 Å². The van der Waals surface area contributed by atoms with Crippen molar-refractivity contribution in [1.29, 1.82) is 0 Å². The molecule has 0 fully saturated rings. The normalized spacial score (nSPS) is 10.3. The van der Waals surface area contributed by atoms with Gasteiger partial charge < -0.3 is 9.84 Å². The number of aromatic nitrogens is 2. The first-order chi connectivity index (χ1) is 8.97. The first-order valence-corrected chi connectivity index (χ1v) is 6.56. The Hall–Kier alpha value is -1.70. The summed E-state index contributed by atoms with van der Waals surface area (Å²) in [6, 6.07) is 4.94. The molecule has 0 aliphatic carbocycles. The maximum atomic E-state index is 11.2. The maximum absolute atomic E-state index is 11.2. The van der Waals surface area contributed by atoms with Crippen LogP contribution in [-0.2, 0) is 0 Å². The minimum absolute atomic E-state index is 0.104. The van der Waals surface area contributed by atoms with Gasteiger partial charge in [-0.25, -0.2) is 9.78 Å². The second kappa shape index (κ2) is 5.52. The van der Waals surface area contributed by atoms with E-state index in [4.69, 9.17) is 9.84 Å². The van der Waals surface area contributed by atoms with Crippen molar-refractivity contribution in [3.8, 4) is 11.6 Å². The molecule has 0 saturated carbocycles. The molecule has 0 saturated heterocycles. The van der Waals surface area contributed by atoms with Gasteiger partial charge in [0.25, 0.3) is 0 Å². The van der Waals surface area contributed by atoms with Gasteiger partial charge in [0.15, 0.2) is 0 Å². The average molecular weight is 370 g/mol.